The average molecular weight is 596 g/mol. The lowest BCUT2D eigenvalue weighted by atomic mass is 9.96. The van der Waals surface area contributed by atoms with E-state index < -0.39 is 33.3 Å². The molecule has 0 aliphatic carbocycles. The number of benzene rings is 3. The second-order valence-corrected chi connectivity index (χ2v) is 12.1. The molecule has 0 radical (unpaired) electrons. The number of hydrogen-bond acceptors (Lipinski definition) is 9. The first kappa shape index (κ1) is 30.6. The third kappa shape index (κ3) is 7.12. The summed E-state index contributed by atoms with van der Waals surface area (Å²) in [4.78, 5) is 11.8. The van der Waals surface area contributed by atoms with Gasteiger partial charge in [0.05, 0.1) is 33.9 Å². The van der Waals surface area contributed by atoms with Crippen LogP contribution in [0.4, 0.5) is 4.79 Å². The first-order chi connectivity index (χ1) is 20.1. The van der Waals surface area contributed by atoms with Crippen LogP contribution in [-0.2, 0) is 22.9 Å². The van der Waals surface area contributed by atoms with Gasteiger partial charge in [0.2, 0.25) is 6.79 Å². The number of ether oxygens (including phenoxy) is 3. The molecule has 1 unspecified atom stereocenters. The fourth-order valence-corrected chi connectivity index (χ4v) is 6.68. The van der Waals surface area contributed by atoms with Gasteiger partial charge in [-0.05, 0) is 60.4 Å². The number of aliphatic hydroxyl groups excluding tert-OH is 1. The summed E-state index contributed by atoms with van der Waals surface area (Å²) in [6.45, 7) is 2.11. The molecule has 4 rings (SSSR count). The number of nitrogens with zero attached hydrogens (tertiary/aromatic N) is 2. The summed E-state index contributed by atoms with van der Waals surface area (Å²) in [7, 11) is -4.14. The molecule has 0 spiro atoms. The van der Waals surface area contributed by atoms with E-state index >= 15 is 0 Å². The molecule has 0 saturated heterocycles. The van der Waals surface area contributed by atoms with E-state index in [-0.39, 0.29) is 36.9 Å². The van der Waals surface area contributed by atoms with Crippen molar-refractivity contribution in [1.82, 2.24) is 5.01 Å². The lowest BCUT2D eigenvalue weighted by Gasteiger charge is -2.34. The van der Waals surface area contributed by atoms with Crippen LogP contribution in [0.3, 0.4) is 0 Å². The van der Waals surface area contributed by atoms with E-state index in [1.807, 2.05) is 13.0 Å². The summed E-state index contributed by atoms with van der Waals surface area (Å²) >= 11 is 0. The molecule has 0 aromatic heterocycles. The Bertz CT molecular complexity index is 1540. The number of hydrogen-bond donors (Lipinski definition) is 3. The highest BCUT2D eigenvalue weighted by molar-refractivity contribution is 7.92. The summed E-state index contributed by atoms with van der Waals surface area (Å²) in [5, 5.41) is 29.4. The first-order valence-electron chi connectivity index (χ1n) is 13.4. The van der Waals surface area contributed by atoms with E-state index in [9.17, 15) is 23.4 Å². The van der Waals surface area contributed by atoms with E-state index in [1.165, 1.54) is 18.2 Å². The highest BCUT2D eigenvalue weighted by atomic mass is 32.2. The number of fused-ring (bicyclic) bond motifs is 1. The molecule has 0 bridgehead atoms. The monoisotopic (exact) mass is 595 g/mol. The van der Waals surface area contributed by atoms with Crippen molar-refractivity contribution in [2.45, 2.75) is 61.5 Å². The van der Waals surface area contributed by atoms with Gasteiger partial charge >= 0.3 is 6.09 Å². The van der Waals surface area contributed by atoms with Gasteiger partial charge in [0, 0.05) is 6.07 Å². The number of carboxylic acid groups (broad SMARTS) is 1. The van der Waals surface area contributed by atoms with Gasteiger partial charge in [0.25, 0.3) is 0 Å². The zero-order chi connectivity index (χ0) is 30.3. The number of nitriles is 1. The summed E-state index contributed by atoms with van der Waals surface area (Å²) in [6, 6.07) is 18.9. The number of unbranched alkanes of at least 4 members (excludes halogenated alkanes) is 1. The van der Waals surface area contributed by atoms with Crippen LogP contribution < -0.4 is 20.1 Å². The number of amides is 1. The molecule has 3 aromatic carbocycles. The maximum absolute atomic E-state index is 13.8. The maximum Gasteiger partial charge on any atom is 0.421 e. The summed E-state index contributed by atoms with van der Waals surface area (Å²) < 4.78 is 44.0. The Kier molecular flexibility index (Phi) is 9.90. The van der Waals surface area contributed by atoms with E-state index in [0.717, 1.165) is 5.56 Å². The Morgan fingerprint density at radius 2 is 1.83 bits per heavy atom. The molecule has 4 N–H and O–H groups in total. The minimum Gasteiger partial charge on any atom is -0.489 e. The Hall–Kier alpha value is -4.31. The van der Waals surface area contributed by atoms with Gasteiger partial charge in [-0.1, -0.05) is 44.0 Å². The Morgan fingerprint density at radius 3 is 2.52 bits per heavy atom. The SMILES string of the molecule is CCCCC([C@H](O)[C@H](Cc1ccc(OCc2cccc(C#N)c2)cc1)N(N)C(=O)O)S(=O)(=O)c1ccc2c(c1)OCO2. The molecule has 3 aromatic rings. The molecule has 0 saturated carbocycles. The molecule has 12 heteroatoms. The van der Waals surface area contributed by atoms with Crippen LogP contribution in [0.15, 0.2) is 71.6 Å². The van der Waals surface area contributed by atoms with Gasteiger partial charge in [-0.25, -0.2) is 24.1 Å². The third-order valence-electron chi connectivity index (χ3n) is 7.10. The molecule has 42 heavy (non-hydrogen) atoms. The number of aliphatic hydroxyl groups is 1. The fourth-order valence-electron chi connectivity index (χ4n) is 4.78. The summed E-state index contributed by atoms with van der Waals surface area (Å²) in [5.41, 5.74) is 1.96. The predicted octanol–water partition coefficient (Wildman–Crippen LogP) is 4.02. The Labute approximate surface area is 244 Å². The third-order valence-corrected chi connectivity index (χ3v) is 9.32. The van der Waals surface area contributed by atoms with Gasteiger partial charge in [-0.15, -0.1) is 0 Å². The highest BCUT2D eigenvalue weighted by Crippen LogP contribution is 2.36. The number of carbonyl (C=O) groups is 1. The van der Waals surface area contributed by atoms with Crippen LogP contribution in [0.25, 0.3) is 0 Å². The largest absolute Gasteiger partial charge is 0.489 e. The van der Waals surface area contributed by atoms with Crippen LogP contribution >= 0.6 is 0 Å². The van der Waals surface area contributed by atoms with E-state index in [4.69, 9.17) is 25.3 Å². The van der Waals surface area contributed by atoms with Crippen molar-refractivity contribution >= 4 is 15.9 Å². The van der Waals surface area contributed by atoms with Crippen molar-refractivity contribution in [1.29, 1.82) is 5.26 Å². The number of hydrazine groups is 1. The van der Waals surface area contributed by atoms with E-state index in [1.54, 1.807) is 42.5 Å². The van der Waals surface area contributed by atoms with Crippen LogP contribution in [-0.4, -0.2) is 53.9 Å². The van der Waals surface area contributed by atoms with Crippen molar-refractivity contribution in [3.8, 4) is 23.3 Å². The average Bonchev–Trinajstić information content (AvgIpc) is 3.47. The number of nitrogens with two attached hydrogens (primary N) is 1. The van der Waals surface area contributed by atoms with Gasteiger partial charge in [-0.2, -0.15) is 5.26 Å². The minimum atomic E-state index is -4.14. The quantitative estimate of drug-likeness (QED) is 0.149. The smallest absolute Gasteiger partial charge is 0.421 e. The molecule has 1 amide bonds. The molecule has 1 heterocycles. The second kappa shape index (κ2) is 13.6. The molecule has 11 nitrogen and oxygen atoms in total. The van der Waals surface area contributed by atoms with Crippen molar-refractivity contribution in [2.75, 3.05) is 6.79 Å². The molecule has 1 aliphatic rings. The lowest BCUT2D eigenvalue weighted by molar-refractivity contribution is 0.0436. The molecule has 222 valence electrons. The Balaban J connectivity index is 1.55. The summed E-state index contributed by atoms with van der Waals surface area (Å²) in [5.74, 6) is 7.12. The molecule has 1 aliphatic heterocycles. The van der Waals surface area contributed by atoms with E-state index in [2.05, 4.69) is 6.07 Å². The van der Waals surface area contributed by atoms with Crippen molar-refractivity contribution in [2.24, 2.45) is 5.84 Å². The van der Waals surface area contributed by atoms with Crippen molar-refractivity contribution < 1.29 is 37.6 Å². The maximum atomic E-state index is 13.8. The van der Waals surface area contributed by atoms with Gasteiger partial charge in [0.15, 0.2) is 21.3 Å². The summed E-state index contributed by atoms with van der Waals surface area (Å²) in [6.07, 6.45) is -1.95. The Morgan fingerprint density at radius 1 is 1.10 bits per heavy atom. The molecular formula is C30H33N3O8S. The van der Waals surface area contributed by atoms with Crippen molar-refractivity contribution in [3.63, 3.8) is 0 Å². The lowest BCUT2D eigenvalue weighted by Crippen LogP contribution is -2.56. The van der Waals surface area contributed by atoms with Gasteiger partial charge in [-0.3, -0.25) is 0 Å². The zero-order valence-corrected chi connectivity index (χ0v) is 23.9. The van der Waals surface area contributed by atoms with Crippen molar-refractivity contribution in [3.05, 3.63) is 83.4 Å². The fraction of sp³-hybridized carbons (Fsp3) is 0.333. The zero-order valence-electron chi connectivity index (χ0n) is 23.0. The highest BCUT2D eigenvalue weighted by Gasteiger charge is 2.41. The molecule has 0 fully saturated rings. The predicted molar refractivity (Wildman–Crippen MR) is 153 cm³/mol. The topological polar surface area (TPSA) is 172 Å². The minimum absolute atomic E-state index is 0.0260. The first-order valence-corrected chi connectivity index (χ1v) is 15.0. The van der Waals surface area contributed by atoms with E-state index in [0.29, 0.717) is 40.5 Å². The number of rotatable bonds is 13. The second-order valence-electron chi connectivity index (χ2n) is 9.94. The van der Waals surface area contributed by atoms with Crippen LogP contribution in [0.5, 0.6) is 17.2 Å². The van der Waals surface area contributed by atoms with Gasteiger partial charge < -0.3 is 24.4 Å². The molecular weight excluding hydrogens is 562 g/mol. The van der Waals surface area contributed by atoms with Crippen LogP contribution in [0, 0.1) is 11.3 Å². The normalized spacial score (nSPS) is 14.4. The molecule has 3 atom stereocenters. The van der Waals surface area contributed by atoms with Crippen LogP contribution in [0.1, 0.15) is 42.9 Å². The van der Waals surface area contributed by atoms with Crippen LogP contribution in [0.2, 0.25) is 0 Å². The van der Waals surface area contributed by atoms with Gasteiger partial charge in [0.1, 0.15) is 12.4 Å². The number of sulfone groups is 1. The standard InChI is InChI=1S/C30H33N3O8S/c1-2-3-7-28(42(37,38)24-12-13-26-27(16-24)41-19-40-26)29(34)25(33(32)30(35)36)15-20-8-10-23(11-9-20)39-18-22-6-4-5-21(14-22)17-31/h4-6,8-14,16,25,28-29,34H,2-3,7,15,18-19,32H2,1H3,(H,35,36)/t25-,28?,29+/m0/s1.